The molecule has 0 aliphatic heterocycles. The number of aliphatic hydroxyl groups is 1. The quantitative estimate of drug-likeness (QED) is 0.806. The first kappa shape index (κ1) is 17.0. The van der Waals surface area contributed by atoms with Gasteiger partial charge in [-0.3, -0.25) is 0 Å². The molecule has 1 rings (SSSR count). The van der Waals surface area contributed by atoms with E-state index in [9.17, 15) is 0 Å². The molecule has 0 fully saturated rings. The van der Waals surface area contributed by atoms with Gasteiger partial charge in [-0.25, -0.2) is 0 Å². The highest BCUT2D eigenvalue weighted by molar-refractivity contribution is 5.38. The number of rotatable bonds is 7. The van der Waals surface area contributed by atoms with E-state index < -0.39 is 0 Å². The molecular formula is C17H29NO2. The second-order valence-electron chi connectivity index (χ2n) is 6.31. The van der Waals surface area contributed by atoms with Gasteiger partial charge >= 0.3 is 0 Å². The number of aliphatic hydroxyl groups excluding tert-OH is 1. The van der Waals surface area contributed by atoms with Crippen LogP contribution in [-0.2, 0) is 5.41 Å². The fourth-order valence-electron chi connectivity index (χ4n) is 2.16. The minimum absolute atomic E-state index is 0.159. The standard InChI is InChI=1S/C17H29NO2/c1-6-18-15(9-10-19)12-20-16-8-7-14(11-13(16)2)17(3,4)5/h7-8,11,15,18-19H,6,9-10,12H2,1-5H3. The lowest BCUT2D eigenvalue weighted by atomic mass is 9.86. The van der Waals surface area contributed by atoms with Crippen LogP contribution in [0.3, 0.4) is 0 Å². The predicted octanol–water partition coefficient (Wildman–Crippen LogP) is 3.03. The molecule has 3 nitrogen and oxygen atoms in total. The van der Waals surface area contributed by atoms with Crippen molar-refractivity contribution in [3.63, 3.8) is 0 Å². The smallest absolute Gasteiger partial charge is 0.122 e. The largest absolute Gasteiger partial charge is 0.492 e. The minimum atomic E-state index is 0.159. The summed E-state index contributed by atoms with van der Waals surface area (Å²) in [5, 5.41) is 12.4. The number of likely N-dealkylation sites (N-methyl/N-ethyl adjacent to an activating group) is 1. The van der Waals surface area contributed by atoms with Gasteiger partial charge in [-0.05, 0) is 42.5 Å². The number of benzene rings is 1. The third kappa shape index (κ3) is 5.14. The fourth-order valence-corrected chi connectivity index (χ4v) is 2.16. The van der Waals surface area contributed by atoms with Crippen molar-refractivity contribution in [2.45, 2.75) is 52.5 Å². The number of hydrogen-bond acceptors (Lipinski definition) is 3. The Hall–Kier alpha value is -1.06. The molecule has 0 saturated carbocycles. The van der Waals surface area contributed by atoms with Gasteiger partial charge in [0.05, 0.1) is 0 Å². The highest BCUT2D eigenvalue weighted by atomic mass is 16.5. The molecule has 114 valence electrons. The zero-order valence-electron chi connectivity index (χ0n) is 13.5. The van der Waals surface area contributed by atoms with Gasteiger partial charge in [-0.15, -0.1) is 0 Å². The third-order valence-corrected chi connectivity index (χ3v) is 3.45. The van der Waals surface area contributed by atoms with Crippen molar-refractivity contribution >= 4 is 0 Å². The summed E-state index contributed by atoms with van der Waals surface area (Å²) in [6, 6.07) is 6.59. The Bertz CT molecular complexity index is 404. The third-order valence-electron chi connectivity index (χ3n) is 3.45. The van der Waals surface area contributed by atoms with E-state index in [1.807, 2.05) is 0 Å². The SMILES string of the molecule is CCNC(CCO)COc1ccc(C(C)(C)C)cc1C. The van der Waals surface area contributed by atoms with Crippen molar-refractivity contribution in [2.24, 2.45) is 0 Å². The van der Waals surface area contributed by atoms with Crippen LogP contribution in [0, 0.1) is 6.92 Å². The summed E-state index contributed by atoms with van der Waals surface area (Å²) in [7, 11) is 0. The molecule has 1 atom stereocenters. The van der Waals surface area contributed by atoms with Crippen LogP contribution in [0.15, 0.2) is 18.2 Å². The van der Waals surface area contributed by atoms with Gasteiger partial charge in [0.2, 0.25) is 0 Å². The normalized spacial score (nSPS) is 13.3. The van der Waals surface area contributed by atoms with Crippen LogP contribution in [0.25, 0.3) is 0 Å². The molecule has 0 amide bonds. The van der Waals surface area contributed by atoms with Gasteiger partial charge in [0.15, 0.2) is 0 Å². The summed E-state index contributed by atoms with van der Waals surface area (Å²) in [6.07, 6.45) is 0.715. The summed E-state index contributed by atoms with van der Waals surface area (Å²) in [5.41, 5.74) is 2.64. The Balaban J connectivity index is 2.68. The van der Waals surface area contributed by atoms with Crippen molar-refractivity contribution < 1.29 is 9.84 Å². The average Bonchev–Trinajstić information content (AvgIpc) is 2.36. The lowest BCUT2D eigenvalue weighted by molar-refractivity contribution is 0.214. The Kier molecular flexibility index (Phi) is 6.50. The molecule has 1 aromatic rings. The van der Waals surface area contributed by atoms with E-state index in [0.29, 0.717) is 13.0 Å². The maximum atomic E-state index is 9.05. The van der Waals surface area contributed by atoms with Gasteiger partial charge in [-0.2, -0.15) is 0 Å². The predicted molar refractivity (Wildman–Crippen MR) is 84.5 cm³/mol. The minimum Gasteiger partial charge on any atom is -0.492 e. The second kappa shape index (κ2) is 7.65. The molecule has 3 heteroatoms. The average molecular weight is 279 g/mol. The van der Waals surface area contributed by atoms with Gasteiger partial charge < -0.3 is 15.2 Å². The maximum Gasteiger partial charge on any atom is 0.122 e. The topological polar surface area (TPSA) is 41.5 Å². The fraction of sp³-hybridized carbons (Fsp3) is 0.647. The zero-order chi connectivity index (χ0) is 15.2. The first-order chi connectivity index (χ1) is 9.38. The van der Waals surface area contributed by atoms with Crippen LogP contribution in [-0.4, -0.2) is 30.9 Å². The molecule has 0 aliphatic rings. The van der Waals surface area contributed by atoms with Crippen molar-refractivity contribution in [3.8, 4) is 5.75 Å². The zero-order valence-corrected chi connectivity index (χ0v) is 13.5. The molecule has 2 N–H and O–H groups in total. The summed E-state index contributed by atoms with van der Waals surface area (Å²) >= 11 is 0. The first-order valence-corrected chi connectivity index (χ1v) is 7.46. The van der Waals surface area contributed by atoms with Crippen LogP contribution in [0.2, 0.25) is 0 Å². The summed E-state index contributed by atoms with van der Waals surface area (Å²) in [6.45, 7) is 12.4. The number of aryl methyl sites for hydroxylation is 1. The van der Waals surface area contributed by atoms with Gasteiger partial charge in [0, 0.05) is 12.6 Å². The summed E-state index contributed by atoms with van der Waals surface area (Å²) < 4.78 is 5.90. The molecule has 1 aromatic carbocycles. The van der Waals surface area contributed by atoms with Crippen molar-refractivity contribution in [1.82, 2.24) is 5.32 Å². The van der Waals surface area contributed by atoms with Crippen LogP contribution in [0.5, 0.6) is 5.75 Å². The molecule has 0 bridgehead atoms. The summed E-state index contributed by atoms with van der Waals surface area (Å²) in [4.78, 5) is 0. The van der Waals surface area contributed by atoms with Crippen LogP contribution >= 0.6 is 0 Å². The Morgan fingerprint density at radius 2 is 2.00 bits per heavy atom. The molecular weight excluding hydrogens is 250 g/mol. The van der Waals surface area contributed by atoms with Gasteiger partial charge in [0.25, 0.3) is 0 Å². The first-order valence-electron chi connectivity index (χ1n) is 7.46. The molecule has 0 saturated heterocycles. The van der Waals surface area contributed by atoms with E-state index in [1.54, 1.807) is 0 Å². The maximum absolute atomic E-state index is 9.05. The lowest BCUT2D eigenvalue weighted by Gasteiger charge is -2.22. The van der Waals surface area contributed by atoms with E-state index in [2.05, 4.69) is 58.1 Å². The molecule has 0 aromatic heterocycles. The van der Waals surface area contributed by atoms with E-state index in [1.165, 1.54) is 5.56 Å². The number of hydrogen-bond donors (Lipinski definition) is 2. The Labute approximate surface area is 123 Å². The second-order valence-corrected chi connectivity index (χ2v) is 6.31. The molecule has 0 heterocycles. The van der Waals surface area contributed by atoms with Crippen molar-refractivity contribution in [1.29, 1.82) is 0 Å². The van der Waals surface area contributed by atoms with Crippen LogP contribution in [0.4, 0.5) is 0 Å². The Morgan fingerprint density at radius 3 is 2.50 bits per heavy atom. The van der Waals surface area contributed by atoms with Crippen LogP contribution < -0.4 is 10.1 Å². The van der Waals surface area contributed by atoms with Crippen molar-refractivity contribution in [2.75, 3.05) is 19.8 Å². The molecule has 0 radical (unpaired) electrons. The summed E-state index contributed by atoms with van der Waals surface area (Å²) in [5.74, 6) is 0.929. The number of nitrogens with one attached hydrogen (secondary N) is 1. The number of ether oxygens (including phenoxy) is 1. The van der Waals surface area contributed by atoms with E-state index in [4.69, 9.17) is 9.84 Å². The van der Waals surface area contributed by atoms with E-state index in [-0.39, 0.29) is 18.1 Å². The molecule has 0 spiro atoms. The molecule has 20 heavy (non-hydrogen) atoms. The highest BCUT2D eigenvalue weighted by Crippen LogP contribution is 2.27. The van der Waals surface area contributed by atoms with E-state index in [0.717, 1.165) is 17.9 Å². The Morgan fingerprint density at radius 1 is 1.30 bits per heavy atom. The lowest BCUT2D eigenvalue weighted by Crippen LogP contribution is -2.35. The van der Waals surface area contributed by atoms with Gasteiger partial charge in [-0.1, -0.05) is 39.8 Å². The molecule has 0 aliphatic carbocycles. The van der Waals surface area contributed by atoms with Crippen LogP contribution in [0.1, 0.15) is 45.2 Å². The highest BCUT2D eigenvalue weighted by Gasteiger charge is 2.15. The monoisotopic (exact) mass is 279 g/mol. The van der Waals surface area contributed by atoms with E-state index >= 15 is 0 Å². The van der Waals surface area contributed by atoms with Crippen molar-refractivity contribution in [3.05, 3.63) is 29.3 Å². The molecule has 1 unspecified atom stereocenters. The van der Waals surface area contributed by atoms with Gasteiger partial charge in [0.1, 0.15) is 12.4 Å².